The highest BCUT2D eigenvalue weighted by Crippen LogP contribution is 2.26. The van der Waals surface area contributed by atoms with E-state index in [1.54, 1.807) is 0 Å². The van der Waals surface area contributed by atoms with Gasteiger partial charge in [-0.1, -0.05) is 18.2 Å². The third-order valence-corrected chi connectivity index (χ3v) is 5.58. The van der Waals surface area contributed by atoms with Gasteiger partial charge in [-0.3, -0.25) is 4.79 Å². The SMILES string of the molecule is Cc1ccccc1NC(=O)Cc1nc(CSc2ccc(F)cc2F)cs1. The predicted octanol–water partition coefficient (Wildman–Crippen LogP) is 5.20. The number of hydrogen-bond donors (Lipinski definition) is 1. The second kappa shape index (κ2) is 8.42. The number of amides is 1. The number of rotatable bonds is 6. The van der Waals surface area contributed by atoms with Crippen molar-refractivity contribution in [3.05, 3.63) is 75.7 Å². The average molecular weight is 390 g/mol. The molecule has 1 aromatic heterocycles. The number of nitrogens with one attached hydrogen (secondary N) is 1. The maximum absolute atomic E-state index is 13.6. The Hall–Kier alpha value is -2.25. The minimum absolute atomic E-state index is 0.127. The average Bonchev–Trinajstić information content (AvgIpc) is 3.03. The molecule has 0 saturated carbocycles. The summed E-state index contributed by atoms with van der Waals surface area (Å²) >= 11 is 2.64. The predicted molar refractivity (Wildman–Crippen MR) is 102 cm³/mol. The zero-order valence-electron chi connectivity index (χ0n) is 14.0. The first-order chi connectivity index (χ1) is 12.5. The van der Waals surface area contributed by atoms with Crippen molar-refractivity contribution in [1.29, 1.82) is 0 Å². The third kappa shape index (κ3) is 4.89. The lowest BCUT2D eigenvalue weighted by Crippen LogP contribution is -2.15. The van der Waals surface area contributed by atoms with Crippen LogP contribution in [-0.2, 0) is 17.0 Å². The zero-order chi connectivity index (χ0) is 18.5. The molecule has 0 unspecified atom stereocenters. The maximum Gasteiger partial charge on any atom is 0.231 e. The second-order valence-electron chi connectivity index (χ2n) is 5.64. The van der Waals surface area contributed by atoms with E-state index >= 15 is 0 Å². The van der Waals surface area contributed by atoms with Crippen molar-refractivity contribution in [3.63, 3.8) is 0 Å². The number of nitrogens with zero attached hydrogens (tertiary/aromatic N) is 1. The molecule has 0 saturated heterocycles. The van der Waals surface area contributed by atoms with Crippen molar-refractivity contribution in [2.24, 2.45) is 0 Å². The van der Waals surface area contributed by atoms with Gasteiger partial charge < -0.3 is 5.32 Å². The van der Waals surface area contributed by atoms with Crippen LogP contribution >= 0.6 is 23.1 Å². The van der Waals surface area contributed by atoms with E-state index in [0.717, 1.165) is 23.0 Å². The van der Waals surface area contributed by atoms with Gasteiger partial charge in [-0.25, -0.2) is 13.8 Å². The van der Waals surface area contributed by atoms with E-state index in [1.165, 1.54) is 35.2 Å². The van der Waals surface area contributed by atoms with E-state index in [0.29, 0.717) is 15.7 Å². The number of thiazole rings is 1. The first kappa shape index (κ1) is 18.5. The Morgan fingerprint density at radius 1 is 1.23 bits per heavy atom. The fraction of sp³-hybridized carbons (Fsp3) is 0.158. The van der Waals surface area contributed by atoms with Gasteiger partial charge in [0, 0.05) is 27.8 Å². The molecule has 0 fully saturated rings. The number of aromatic nitrogens is 1. The summed E-state index contributed by atoms with van der Waals surface area (Å²) in [5, 5.41) is 5.43. The number of aryl methyl sites for hydroxylation is 1. The molecule has 0 aliphatic carbocycles. The van der Waals surface area contributed by atoms with Crippen LogP contribution in [0.25, 0.3) is 0 Å². The van der Waals surface area contributed by atoms with Crippen molar-refractivity contribution in [2.75, 3.05) is 5.32 Å². The summed E-state index contributed by atoms with van der Waals surface area (Å²) in [6.07, 6.45) is 0.189. The van der Waals surface area contributed by atoms with E-state index < -0.39 is 11.6 Å². The van der Waals surface area contributed by atoms with E-state index in [2.05, 4.69) is 10.3 Å². The Kier molecular flexibility index (Phi) is 6.00. The first-order valence-corrected chi connectivity index (χ1v) is 9.74. The van der Waals surface area contributed by atoms with E-state index in [-0.39, 0.29) is 12.3 Å². The second-order valence-corrected chi connectivity index (χ2v) is 7.60. The van der Waals surface area contributed by atoms with Gasteiger partial charge >= 0.3 is 0 Å². The van der Waals surface area contributed by atoms with Crippen molar-refractivity contribution in [2.45, 2.75) is 24.0 Å². The third-order valence-electron chi connectivity index (χ3n) is 3.60. The maximum atomic E-state index is 13.6. The Morgan fingerprint density at radius 3 is 2.81 bits per heavy atom. The highest BCUT2D eigenvalue weighted by Gasteiger charge is 2.11. The summed E-state index contributed by atoms with van der Waals surface area (Å²) in [7, 11) is 0. The number of thioether (sulfide) groups is 1. The van der Waals surface area contributed by atoms with Crippen molar-refractivity contribution in [3.8, 4) is 0 Å². The molecule has 2 aromatic carbocycles. The summed E-state index contributed by atoms with van der Waals surface area (Å²) < 4.78 is 26.6. The standard InChI is InChI=1S/C19H16F2N2OS2/c1-12-4-2-3-5-16(12)23-18(24)9-19-22-14(11-26-19)10-25-17-7-6-13(20)8-15(17)21/h2-8,11H,9-10H2,1H3,(H,23,24). The minimum atomic E-state index is -0.595. The molecule has 1 N–H and O–H groups in total. The molecule has 0 atom stereocenters. The van der Waals surface area contributed by atoms with Crippen molar-refractivity contribution in [1.82, 2.24) is 4.98 Å². The van der Waals surface area contributed by atoms with E-state index in [9.17, 15) is 13.6 Å². The summed E-state index contributed by atoms with van der Waals surface area (Å²) in [5.41, 5.74) is 2.55. The van der Waals surface area contributed by atoms with Gasteiger partial charge in [-0.15, -0.1) is 23.1 Å². The zero-order valence-corrected chi connectivity index (χ0v) is 15.6. The van der Waals surface area contributed by atoms with Gasteiger partial charge in [0.25, 0.3) is 0 Å². The lowest BCUT2D eigenvalue weighted by atomic mass is 10.2. The Balaban J connectivity index is 1.56. The summed E-state index contributed by atoms with van der Waals surface area (Å²) in [6, 6.07) is 11.1. The fourth-order valence-electron chi connectivity index (χ4n) is 2.29. The van der Waals surface area contributed by atoms with Crippen LogP contribution in [0.5, 0.6) is 0 Å². The topological polar surface area (TPSA) is 42.0 Å². The van der Waals surface area contributed by atoms with Gasteiger partial charge in [0.05, 0.1) is 12.1 Å². The summed E-state index contributed by atoms with van der Waals surface area (Å²) in [4.78, 5) is 17.0. The quantitative estimate of drug-likeness (QED) is 0.588. The Labute approximate surface area is 158 Å². The van der Waals surface area contributed by atoms with Crippen LogP contribution in [0.15, 0.2) is 52.7 Å². The first-order valence-electron chi connectivity index (χ1n) is 7.88. The van der Waals surface area contributed by atoms with Gasteiger partial charge in [0.1, 0.15) is 16.6 Å². The molecule has 7 heteroatoms. The molecule has 3 nitrogen and oxygen atoms in total. The minimum Gasteiger partial charge on any atom is -0.325 e. The van der Waals surface area contributed by atoms with Crippen LogP contribution < -0.4 is 5.32 Å². The molecule has 0 aliphatic rings. The van der Waals surface area contributed by atoms with Gasteiger partial charge in [-0.2, -0.15) is 0 Å². The molecule has 26 heavy (non-hydrogen) atoms. The van der Waals surface area contributed by atoms with Gasteiger partial charge in [-0.05, 0) is 30.7 Å². The van der Waals surface area contributed by atoms with Crippen LogP contribution in [-0.4, -0.2) is 10.9 Å². The molecular weight excluding hydrogens is 374 g/mol. The number of benzene rings is 2. The number of carbonyl (C=O) groups excluding carboxylic acids is 1. The highest BCUT2D eigenvalue weighted by molar-refractivity contribution is 7.98. The molecule has 1 heterocycles. The molecule has 3 aromatic rings. The van der Waals surface area contributed by atoms with Gasteiger partial charge in [0.15, 0.2) is 0 Å². The molecular formula is C19H16F2N2OS2. The molecule has 0 bridgehead atoms. The summed E-state index contributed by atoms with van der Waals surface area (Å²) in [6.45, 7) is 1.93. The highest BCUT2D eigenvalue weighted by atomic mass is 32.2. The number of halogens is 2. The van der Waals surface area contributed by atoms with Crippen LogP contribution in [0.1, 0.15) is 16.3 Å². The van der Waals surface area contributed by atoms with Gasteiger partial charge in [0.2, 0.25) is 5.91 Å². The van der Waals surface area contributed by atoms with Crippen molar-refractivity contribution < 1.29 is 13.6 Å². The lowest BCUT2D eigenvalue weighted by Gasteiger charge is -2.06. The normalized spacial score (nSPS) is 10.7. The fourth-order valence-corrected chi connectivity index (χ4v) is 4.00. The number of carbonyl (C=O) groups is 1. The van der Waals surface area contributed by atoms with Crippen LogP contribution in [0.4, 0.5) is 14.5 Å². The Bertz CT molecular complexity index is 927. The lowest BCUT2D eigenvalue weighted by molar-refractivity contribution is -0.115. The largest absolute Gasteiger partial charge is 0.325 e. The molecule has 3 rings (SSSR count). The molecule has 0 aliphatic heterocycles. The molecule has 1 amide bonds. The monoisotopic (exact) mass is 390 g/mol. The van der Waals surface area contributed by atoms with E-state index in [1.807, 2.05) is 36.6 Å². The molecule has 0 radical (unpaired) electrons. The smallest absolute Gasteiger partial charge is 0.231 e. The molecule has 0 spiro atoms. The number of hydrogen-bond acceptors (Lipinski definition) is 4. The number of anilines is 1. The molecule has 134 valence electrons. The number of para-hydroxylation sites is 1. The van der Waals surface area contributed by atoms with E-state index in [4.69, 9.17) is 0 Å². The summed E-state index contributed by atoms with van der Waals surface area (Å²) in [5.74, 6) is -0.846. The van der Waals surface area contributed by atoms with Crippen LogP contribution in [0.2, 0.25) is 0 Å². The van der Waals surface area contributed by atoms with Crippen molar-refractivity contribution >= 4 is 34.7 Å². The Morgan fingerprint density at radius 2 is 2.04 bits per heavy atom. The van der Waals surface area contributed by atoms with Crippen LogP contribution in [0.3, 0.4) is 0 Å². The van der Waals surface area contributed by atoms with Crippen LogP contribution in [0, 0.1) is 18.6 Å².